The molecule has 20 heavy (non-hydrogen) atoms. The third kappa shape index (κ3) is 3.02. The first-order chi connectivity index (χ1) is 9.30. The minimum atomic E-state index is -3.47. The number of carbonyl (C=O) groups is 1. The van der Waals surface area contributed by atoms with Crippen LogP contribution in [0.25, 0.3) is 0 Å². The summed E-state index contributed by atoms with van der Waals surface area (Å²) in [6, 6.07) is 6.89. The van der Waals surface area contributed by atoms with Gasteiger partial charge in [0, 0.05) is 13.1 Å². The molecule has 2 rings (SSSR count). The van der Waals surface area contributed by atoms with Crippen LogP contribution in [0, 0.1) is 5.92 Å². The van der Waals surface area contributed by atoms with Gasteiger partial charge >= 0.3 is 5.97 Å². The van der Waals surface area contributed by atoms with Gasteiger partial charge in [-0.1, -0.05) is 26.0 Å². The number of carboxylic acid groups (broad SMARTS) is 1. The Hall–Kier alpha value is -1.40. The molecule has 0 radical (unpaired) electrons. The average Bonchev–Trinajstić information content (AvgIpc) is 2.33. The highest BCUT2D eigenvalue weighted by molar-refractivity contribution is 7.89. The van der Waals surface area contributed by atoms with Gasteiger partial charge in [0.1, 0.15) is 0 Å². The lowest BCUT2D eigenvalue weighted by atomic mass is 10.00. The molecule has 0 atom stereocenters. The molecule has 0 bridgehead atoms. The molecule has 1 heterocycles. The second kappa shape index (κ2) is 5.54. The highest BCUT2D eigenvalue weighted by Gasteiger charge is 2.37. The molecule has 0 amide bonds. The number of nitrogens with zero attached hydrogens (tertiary/aromatic N) is 1. The molecule has 6 heteroatoms. The summed E-state index contributed by atoms with van der Waals surface area (Å²) in [5, 5.41) is 8.67. The zero-order valence-electron chi connectivity index (χ0n) is 11.6. The molecule has 0 saturated carbocycles. The van der Waals surface area contributed by atoms with E-state index in [-0.39, 0.29) is 17.2 Å². The van der Waals surface area contributed by atoms with Crippen molar-refractivity contribution in [2.24, 2.45) is 5.92 Å². The highest BCUT2D eigenvalue weighted by Crippen LogP contribution is 2.27. The van der Waals surface area contributed by atoms with Gasteiger partial charge in [0.2, 0.25) is 10.0 Å². The first-order valence-electron chi connectivity index (χ1n) is 6.62. The summed E-state index contributed by atoms with van der Waals surface area (Å²) >= 11 is 0. The number of benzene rings is 1. The fourth-order valence-corrected chi connectivity index (χ4v) is 3.86. The topological polar surface area (TPSA) is 74.7 Å². The summed E-state index contributed by atoms with van der Waals surface area (Å²) in [6.45, 7) is 4.69. The zero-order valence-corrected chi connectivity index (χ0v) is 12.4. The number of hydrogen-bond donors (Lipinski definition) is 1. The van der Waals surface area contributed by atoms with Crippen LogP contribution in [0.2, 0.25) is 0 Å². The predicted octanol–water partition coefficient (Wildman–Crippen LogP) is 1.91. The van der Waals surface area contributed by atoms with Gasteiger partial charge in [0.05, 0.1) is 11.3 Å². The Balaban J connectivity index is 2.06. The second-order valence-electron chi connectivity index (χ2n) is 5.51. The molecular weight excluding hydrogens is 278 g/mol. The van der Waals surface area contributed by atoms with E-state index in [2.05, 4.69) is 13.8 Å². The van der Waals surface area contributed by atoms with Crippen molar-refractivity contribution in [3.05, 3.63) is 29.8 Å². The van der Waals surface area contributed by atoms with Crippen LogP contribution in [-0.4, -0.2) is 36.9 Å². The standard InChI is InChI=1S/C14H19NO4S/c1-10(2)12-3-5-13(6-4-12)20(18,19)15-8-11(9-15)7-14(16)17/h3-6,10-11H,7-9H2,1-2H3,(H,16,17). The van der Waals surface area contributed by atoms with Gasteiger partial charge < -0.3 is 5.11 Å². The lowest BCUT2D eigenvalue weighted by Crippen LogP contribution is -2.50. The fraction of sp³-hybridized carbons (Fsp3) is 0.500. The normalized spacial score (nSPS) is 17.1. The summed E-state index contributed by atoms with van der Waals surface area (Å²) in [4.78, 5) is 10.8. The van der Waals surface area contributed by atoms with Crippen LogP contribution in [0.4, 0.5) is 0 Å². The first-order valence-corrected chi connectivity index (χ1v) is 8.06. The molecule has 5 nitrogen and oxygen atoms in total. The fourth-order valence-electron chi connectivity index (χ4n) is 2.27. The van der Waals surface area contributed by atoms with Gasteiger partial charge in [-0.25, -0.2) is 8.42 Å². The Morgan fingerprint density at radius 2 is 1.85 bits per heavy atom. The zero-order chi connectivity index (χ0) is 14.9. The maximum atomic E-state index is 12.3. The van der Waals surface area contributed by atoms with Crippen LogP contribution >= 0.6 is 0 Å². The molecule has 1 N–H and O–H groups in total. The number of hydrogen-bond acceptors (Lipinski definition) is 3. The quantitative estimate of drug-likeness (QED) is 0.901. The SMILES string of the molecule is CC(C)c1ccc(S(=O)(=O)N2CC(CC(=O)O)C2)cc1. The molecule has 1 aromatic carbocycles. The van der Waals surface area contributed by atoms with E-state index in [0.29, 0.717) is 19.0 Å². The molecule has 0 spiro atoms. The van der Waals surface area contributed by atoms with E-state index < -0.39 is 16.0 Å². The Bertz CT molecular complexity index is 586. The van der Waals surface area contributed by atoms with Crippen LogP contribution in [0.15, 0.2) is 29.2 Å². The number of aliphatic carboxylic acids is 1. The van der Waals surface area contributed by atoms with Gasteiger partial charge in [-0.15, -0.1) is 0 Å². The van der Waals surface area contributed by atoms with Crippen molar-refractivity contribution in [3.63, 3.8) is 0 Å². The Morgan fingerprint density at radius 1 is 1.30 bits per heavy atom. The van der Waals surface area contributed by atoms with E-state index in [1.54, 1.807) is 12.1 Å². The van der Waals surface area contributed by atoms with Crippen molar-refractivity contribution in [1.82, 2.24) is 4.31 Å². The molecule has 1 aromatic rings. The predicted molar refractivity (Wildman–Crippen MR) is 75.0 cm³/mol. The maximum absolute atomic E-state index is 12.3. The van der Waals surface area contributed by atoms with Crippen molar-refractivity contribution in [2.45, 2.75) is 31.1 Å². The number of carboxylic acids is 1. The molecular formula is C14H19NO4S. The van der Waals surface area contributed by atoms with E-state index in [4.69, 9.17) is 5.11 Å². The summed E-state index contributed by atoms with van der Waals surface area (Å²) in [5.74, 6) is -0.596. The summed E-state index contributed by atoms with van der Waals surface area (Å²) in [5.41, 5.74) is 1.09. The minimum Gasteiger partial charge on any atom is -0.481 e. The van der Waals surface area contributed by atoms with Crippen molar-refractivity contribution < 1.29 is 18.3 Å². The summed E-state index contributed by atoms with van der Waals surface area (Å²) in [6.07, 6.45) is 0.0261. The monoisotopic (exact) mass is 297 g/mol. The van der Waals surface area contributed by atoms with Crippen LogP contribution in [-0.2, 0) is 14.8 Å². The van der Waals surface area contributed by atoms with Gasteiger partial charge in [-0.3, -0.25) is 4.79 Å². The largest absolute Gasteiger partial charge is 0.481 e. The van der Waals surface area contributed by atoms with Crippen molar-refractivity contribution >= 4 is 16.0 Å². The smallest absolute Gasteiger partial charge is 0.303 e. The number of rotatable bonds is 5. The lowest BCUT2D eigenvalue weighted by Gasteiger charge is -2.37. The maximum Gasteiger partial charge on any atom is 0.303 e. The molecule has 1 saturated heterocycles. The number of sulfonamides is 1. The molecule has 1 aliphatic rings. The van der Waals surface area contributed by atoms with E-state index in [9.17, 15) is 13.2 Å². The Kier molecular flexibility index (Phi) is 4.15. The van der Waals surface area contributed by atoms with Crippen LogP contribution in [0.3, 0.4) is 0 Å². The van der Waals surface area contributed by atoms with E-state index in [1.807, 2.05) is 12.1 Å². The van der Waals surface area contributed by atoms with Crippen molar-refractivity contribution in [3.8, 4) is 0 Å². The van der Waals surface area contributed by atoms with Crippen LogP contribution in [0.1, 0.15) is 31.7 Å². The first kappa shape index (κ1) is 15.0. The summed E-state index contributed by atoms with van der Waals surface area (Å²) < 4.78 is 25.9. The van der Waals surface area contributed by atoms with Gasteiger partial charge in [-0.2, -0.15) is 4.31 Å². The van der Waals surface area contributed by atoms with E-state index >= 15 is 0 Å². The van der Waals surface area contributed by atoms with E-state index in [0.717, 1.165) is 5.56 Å². The van der Waals surface area contributed by atoms with Crippen molar-refractivity contribution in [2.75, 3.05) is 13.1 Å². The van der Waals surface area contributed by atoms with Gasteiger partial charge in [-0.05, 0) is 29.5 Å². The van der Waals surface area contributed by atoms with E-state index in [1.165, 1.54) is 4.31 Å². The molecule has 0 aromatic heterocycles. The van der Waals surface area contributed by atoms with Crippen molar-refractivity contribution in [1.29, 1.82) is 0 Å². The average molecular weight is 297 g/mol. The van der Waals surface area contributed by atoms with Crippen LogP contribution < -0.4 is 0 Å². The van der Waals surface area contributed by atoms with Gasteiger partial charge in [0.15, 0.2) is 0 Å². The van der Waals surface area contributed by atoms with Crippen LogP contribution in [0.5, 0.6) is 0 Å². The van der Waals surface area contributed by atoms with Gasteiger partial charge in [0.25, 0.3) is 0 Å². The second-order valence-corrected chi connectivity index (χ2v) is 7.45. The third-order valence-corrected chi connectivity index (χ3v) is 5.42. The molecule has 110 valence electrons. The highest BCUT2D eigenvalue weighted by atomic mass is 32.2. The molecule has 1 fully saturated rings. The molecule has 0 aliphatic carbocycles. The lowest BCUT2D eigenvalue weighted by molar-refractivity contribution is -0.139. The Labute approximate surface area is 119 Å². The Morgan fingerprint density at radius 3 is 2.30 bits per heavy atom. The third-order valence-electron chi connectivity index (χ3n) is 3.57. The molecule has 0 unspecified atom stereocenters. The minimum absolute atomic E-state index is 0.0261. The summed E-state index contributed by atoms with van der Waals surface area (Å²) in [7, 11) is -3.47. The molecule has 1 aliphatic heterocycles.